The number of hydrogen-bond acceptors (Lipinski definition) is 6. The van der Waals surface area contributed by atoms with Crippen LogP contribution < -0.4 is 19.9 Å². The second kappa shape index (κ2) is 7.41. The van der Waals surface area contributed by atoms with E-state index in [0.29, 0.717) is 33.5 Å². The summed E-state index contributed by atoms with van der Waals surface area (Å²) < 4.78 is 16.4. The number of nitrogens with zero attached hydrogens (tertiary/aromatic N) is 2. The maximum atomic E-state index is 9.81. The van der Waals surface area contributed by atoms with E-state index in [1.54, 1.807) is 32.4 Å². The number of halogens is 1. The zero-order valence-corrected chi connectivity index (χ0v) is 16.4. The van der Waals surface area contributed by atoms with Crippen molar-refractivity contribution in [2.45, 2.75) is 5.92 Å². The number of methoxy groups -OCH3 is 2. The van der Waals surface area contributed by atoms with Gasteiger partial charge in [0.05, 0.1) is 31.4 Å². The molecule has 1 aliphatic heterocycles. The molecule has 2 aromatic carbocycles. The number of ether oxygens (including phenoxy) is 3. The molecule has 0 amide bonds. The first-order valence-electron chi connectivity index (χ1n) is 8.71. The van der Waals surface area contributed by atoms with Crippen molar-refractivity contribution in [3.8, 4) is 34.7 Å². The van der Waals surface area contributed by atoms with E-state index < -0.39 is 5.92 Å². The molecule has 7 nitrogen and oxygen atoms in total. The number of aromatic amines is 1. The molecule has 0 fully saturated rings. The smallest absolute Gasteiger partial charge is 0.244 e. The normalized spacial score (nSPS) is 15.3. The first kappa shape index (κ1) is 18.7. The minimum absolute atomic E-state index is 0.0222. The monoisotopic (exact) mass is 408 g/mol. The van der Waals surface area contributed by atoms with Gasteiger partial charge >= 0.3 is 0 Å². The number of nitrogens with one attached hydrogen (secondary N) is 1. The summed E-state index contributed by atoms with van der Waals surface area (Å²) in [5.74, 6) is 0.989. The molecule has 4 rings (SSSR count). The highest BCUT2D eigenvalue weighted by Gasteiger charge is 2.36. The van der Waals surface area contributed by atoms with Gasteiger partial charge in [-0.05, 0) is 29.8 Å². The summed E-state index contributed by atoms with van der Waals surface area (Å²) >= 11 is 6.02. The molecule has 0 spiro atoms. The average Bonchev–Trinajstić information content (AvgIpc) is 3.16. The van der Waals surface area contributed by atoms with Crippen LogP contribution in [0.4, 0.5) is 0 Å². The maximum Gasteiger partial charge on any atom is 0.244 e. The van der Waals surface area contributed by atoms with E-state index in [4.69, 9.17) is 31.5 Å². The Kier molecular flexibility index (Phi) is 4.79. The van der Waals surface area contributed by atoms with E-state index in [2.05, 4.69) is 16.3 Å². The average molecular weight is 409 g/mol. The number of aromatic nitrogens is 2. The summed E-state index contributed by atoms with van der Waals surface area (Å²) in [6.45, 7) is 0. The number of benzene rings is 2. The molecular weight excluding hydrogens is 392 g/mol. The van der Waals surface area contributed by atoms with Crippen LogP contribution in [0.3, 0.4) is 0 Å². The minimum Gasteiger partial charge on any atom is -0.493 e. The summed E-state index contributed by atoms with van der Waals surface area (Å²) in [5.41, 5.74) is 9.41. The Morgan fingerprint density at radius 3 is 2.52 bits per heavy atom. The third-order valence-corrected chi connectivity index (χ3v) is 5.06. The quantitative estimate of drug-likeness (QED) is 0.676. The molecule has 29 heavy (non-hydrogen) atoms. The van der Waals surface area contributed by atoms with E-state index in [1.165, 1.54) is 0 Å². The molecule has 1 aliphatic rings. The fourth-order valence-corrected chi connectivity index (χ4v) is 3.57. The van der Waals surface area contributed by atoms with Crippen molar-refractivity contribution < 1.29 is 14.2 Å². The predicted molar refractivity (Wildman–Crippen MR) is 108 cm³/mol. The summed E-state index contributed by atoms with van der Waals surface area (Å²) in [5, 5.41) is 17.7. The fourth-order valence-electron chi connectivity index (χ4n) is 3.45. The van der Waals surface area contributed by atoms with Gasteiger partial charge in [0.2, 0.25) is 11.8 Å². The SMILES string of the molecule is COc1ccc([C@@H]2C(C#N)=C(N)Oc3n[nH]c(-c4ccc(Cl)cc4)c32)cc1OC. The third-order valence-electron chi connectivity index (χ3n) is 4.81. The molecule has 3 N–H and O–H groups in total. The van der Waals surface area contributed by atoms with E-state index in [9.17, 15) is 5.26 Å². The summed E-state index contributed by atoms with van der Waals surface area (Å²) in [6, 6.07) is 15.0. The van der Waals surface area contributed by atoms with E-state index in [1.807, 2.05) is 24.3 Å². The van der Waals surface area contributed by atoms with Crippen LogP contribution >= 0.6 is 11.6 Å². The number of rotatable bonds is 4. The van der Waals surface area contributed by atoms with Crippen LogP contribution in [-0.4, -0.2) is 24.4 Å². The molecular formula is C21H17ClN4O3. The molecule has 0 saturated carbocycles. The summed E-state index contributed by atoms with van der Waals surface area (Å²) in [6.07, 6.45) is 0. The van der Waals surface area contributed by atoms with E-state index >= 15 is 0 Å². The maximum absolute atomic E-state index is 9.81. The van der Waals surface area contributed by atoms with Crippen LogP contribution in [0.5, 0.6) is 17.4 Å². The number of H-pyrrole nitrogens is 1. The van der Waals surface area contributed by atoms with E-state index in [0.717, 1.165) is 16.8 Å². The lowest BCUT2D eigenvalue weighted by Gasteiger charge is -2.24. The zero-order chi connectivity index (χ0) is 20.5. The van der Waals surface area contributed by atoms with Gasteiger partial charge in [0, 0.05) is 10.6 Å². The highest BCUT2D eigenvalue weighted by molar-refractivity contribution is 6.30. The van der Waals surface area contributed by atoms with Crippen molar-refractivity contribution in [1.29, 1.82) is 5.26 Å². The molecule has 0 aliphatic carbocycles. The molecule has 3 aromatic rings. The Balaban J connectivity index is 1.93. The van der Waals surface area contributed by atoms with Crippen LogP contribution in [-0.2, 0) is 0 Å². The van der Waals surface area contributed by atoms with Crippen LogP contribution in [0.1, 0.15) is 17.0 Å². The van der Waals surface area contributed by atoms with Gasteiger partial charge in [0.15, 0.2) is 11.5 Å². The Bertz CT molecular complexity index is 1150. The molecule has 146 valence electrons. The van der Waals surface area contributed by atoms with Crippen LogP contribution in [0.15, 0.2) is 53.9 Å². The summed E-state index contributed by atoms with van der Waals surface area (Å²) in [4.78, 5) is 0. The Labute approximate surface area is 172 Å². The molecule has 2 heterocycles. The van der Waals surface area contributed by atoms with E-state index in [-0.39, 0.29) is 5.88 Å². The van der Waals surface area contributed by atoms with Gasteiger partial charge in [-0.3, -0.25) is 5.10 Å². The number of hydrogen-bond donors (Lipinski definition) is 2. The molecule has 8 heteroatoms. The zero-order valence-electron chi connectivity index (χ0n) is 15.7. The van der Waals surface area contributed by atoms with Gasteiger partial charge in [-0.2, -0.15) is 5.26 Å². The first-order valence-corrected chi connectivity index (χ1v) is 9.08. The fraction of sp³-hybridized carbons (Fsp3) is 0.143. The second-order valence-electron chi connectivity index (χ2n) is 6.36. The van der Waals surface area contributed by atoms with Crippen LogP contribution in [0.25, 0.3) is 11.3 Å². The number of fused-ring (bicyclic) bond motifs is 1. The lowest BCUT2D eigenvalue weighted by atomic mass is 9.83. The van der Waals surface area contributed by atoms with Gasteiger partial charge in [-0.1, -0.05) is 29.8 Å². The standard InChI is InChI=1S/C21H17ClN4O3/c1-27-15-8-5-12(9-16(15)28-2)17-14(10-23)20(24)29-21-18(17)19(25-26-21)11-3-6-13(22)7-4-11/h3-9,17H,24H2,1-2H3,(H,25,26)/t17-/m1/s1. The molecule has 0 unspecified atom stereocenters. The molecule has 1 atom stereocenters. The lowest BCUT2D eigenvalue weighted by Crippen LogP contribution is -2.21. The van der Waals surface area contributed by atoms with Crippen molar-refractivity contribution in [2.75, 3.05) is 14.2 Å². The largest absolute Gasteiger partial charge is 0.493 e. The second-order valence-corrected chi connectivity index (χ2v) is 6.80. The van der Waals surface area contributed by atoms with Crippen LogP contribution in [0.2, 0.25) is 5.02 Å². The third kappa shape index (κ3) is 3.13. The Morgan fingerprint density at radius 2 is 1.86 bits per heavy atom. The van der Waals surface area contributed by atoms with Crippen molar-refractivity contribution in [3.05, 3.63) is 70.1 Å². The van der Waals surface area contributed by atoms with Crippen LogP contribution in [0, 0.1) is 11.3 Å². The van der Waals surface area contributed by atoms with Gasteiger partial charge in [-0.15, -0.1) is 5.10 Å². The van der Waals surface area contributed by atoms with Crippen molar-refractivity contribution in [2.24, 2.45) is 5.73 Å². The topological polar surface area (TPSA) is 106 Å². The van der Waals surface area contributed by atoms with Gasteiger partial charge in [0.25, 0.3) is 0 Å². The number of nitrogens with two attached hydrogens (primary N) is 1. The van der Waals surface area contributed by atoms with Crippen molar-refractivity contribution >= 4 is 11.6 Å². The molecule has 0 bridgehead atoms. The molecule has 1 aromatic heterocycles. The molecule has 0 saturated heterocycles. The minimum atomic E-state index is -0.493. The van der Waals surface area contributed by atoms with Gasteiger partial charge in [0.1, 0.15) is 11.6 Å². The van der Waals surface area contributed by atoms with Gasteiger partial charge in [-0.25, -0.2) is 0 Å². The predicted octanol–water partition coefficient (Wildman–Crippen LogP) is 3.97. The van der Waals surface area contributed by atoms with Crippen molar-refractivity contribution in [1.82, 2.24) is 10.2 Å². The number of allylic oxidation sites excluding steroid dienone is 1. The first-order chi connectivity index (χ1) is 14.1. The molecule has 0 radical (unpaired) electrons. The highest BCUT2D eigenvalue weighted by atomic mass is 35.5. The number of nitriles is 1. The Hall–Kier alpha value is -3.63. The lowest BCUT2D eigenvalue weighted by molar-refractivity contribution is 0.354. The van der Waals surface area contributed by atoms with Crippen molar-refractivity contribution in [3.63, 3.8) is 0 Å². The highest BCUT2D eigenvalue weighted by Crippen LogP contribution is 2.47. The Morgan fingerprint density at radius 1 is 1.14 bits per heavy atom. The summed E-state index contributed by atoms with van der Waals surface area (Å²) in [7, 11) is 3.13. The van der Waals surface area contributed by atoms with Gasteiger partial charge < -0.3 is 19.9 Å².